The van der Waals surface area contributed by atoms with Crippen molar-refractivity contribution < 1.29 is 13.7 Å². The quantitative estimate of drug-likeness (QED) is 0.779. The van der Waals surface area contributed by atoms with E-state index in [-0.39, 0.29) is 11.7 Å². The fourth-order valence-electron chi connectivity index (χ4n) is 2.59. The number of nitrogens with zero attached hydrogens (tertiary/aromatic N) is 1. The lowest BCUT2D eigenvalue weighted by Crippen LogP contribution is -2.41. The minimum absolute atomic E-state index is 0.254. The molecule has 1 saturated carbocycles. The number of rotatable bonds is 2. The van der Waals surface area contributed by atoms with Crippen molar-refractivity contribution in [2.75, 3.05) is 0 Å². The van der Waals surface area contributed by atoms with Gasteiger partial charge in [0.1, 0.15) is 5.82 Å². The van der Waals surface area contributed by atoms with E-state index in [4.69, 9.17) is 9.31 Å². The van der Waals surface area contributed by atoms with E-state index in [1.807, 2.05) is 27.7 Å². The Labute approximate surface area is 120 Å². The highest BCUT2D eigenvalue weighted by molar-refractivity contribution is 6.62. The third-order valence-electron chi connectivity index (χ3n) is 4.95. The third kappa shape index (κ3) is 2.08. The van der Waals surface area contributed by atoms with Crippen LogP contribution in [0.3, 0.4) is 0 Å². The zero-order valence-electron chi connectivity index (χ0n) is 12.6. The summed E-state index contributed by atoms with van der Waals surface area (Å²) in [5.41, 5.74) is 0.137. The van der Waals surface area contributed by atoms with E-state index in [9.17, 15) is 4.39 Å². The molecule has 5 heteroatoms. The Kier molecular flexibility index (Phi) is 3.18. The van der Waals surface area contributed by atoms with Crippen LogP contribution in [0.2, 0.25) is 0 Å². The first-order chi connectivity index (χ1) is 9.32. The van der Waals surface area contributed by atoms with E-state index >= 15 is 0 Å². The van der Waals surface area contributed by atoms with Crippen molar-refractivity contribution in [3.05, 3.63) is 23.8 Å². The van der Waals surface area contributed by atoms with E-state index in [1.165, 1.54) is 0 Å². The second-order valence-corrected chi connectivity index (χ2v) is 6.82. The Balaban J connectivity index is 1.92. The lowest BCUT2D eigenvalue weighted by molar-refractivity contribution is 0.00578. The van der Waals surface area contributed by atoms with Gasteiger partial charge >= 0.3 is 7.12 Å². The molecule has 108 valence electrons. The van der Waals surface area contributed by atoms with Gasteiger partial charge in [-0.2, -0.15) is 0 Å². The summed E-state index contributed by atoms with van der Waals surface area (Å²) in [5.74, 6) is 0.00748. The molecule has 0 N–H and O–H groups in total. The van der Waals surface area contributed by atoms with Crippen molar-refractivity contribution in [3.63, 3.8) is 0 Å². The zero-order valence-corrected chi connectivity index (χ0v) is 12.6. The van der Waals surface area contributed by atoms with Crippen LogP contribution < -0.4 is 5.46 Å². The van der Waals surface area contributed by atoms with Crippen LogP contribution in [0.15, 0.2) is 12.3 Å². The standard InChI is InChI=1S/C15H21BFNO2/c1-14(2)15(3,4)20-16(19-14)11-8-9-18-13(12(11)17)10-6-5-7-10/h8-10H,5-7H2,1-4H3. The molecule has 0 unspecified atom stereocenters. The van der Waals surface area contributed by atoms with Crippen molar-refractivity contribution in [1.29, 1.82) is 0 Å². The second-order valence-electron chi connectivity index (χ2n) is 6.82. The molecular weight excluding hydrogens is 256 g/mol. The van der Waals surface area contributed by atoms with Crippen LogP contribution in [0, 0.1) is 5.82 Å². The summed E-state index contributed by atoms with van der Waals surface area (Å²) in [4.78, 5) is 4.22. The first kappa shape index (κ1) is 14.0. The van der Waals surface area contributed by atoms with E-state index < -0.39 is 18.3 Å². The molecule has 0 bridgehead atoms. The lowest BCUT2D eigenvalue weighted by atomic mass is 9.75. The summed E-state index contributed by atoms with van der Waals surface area (Å²) in [5, 5.41) is 0. The molecule has 2 heterocycles. The topological polar surface area (TPSA) is 31.4 Å². The summed E-state index contributed by atoms with van der Waals surface area (Å²) in [6.07, 6.45) is 4.87. The molecule has 0 spiro atoms. The van der Waals surface area contributed by atoms with Gasteiger partial charge in [0.05, 0.1) is 16.9 Å². The highest BCUT2D eigenvalue weighted by Gasteiger charge is 2.52. The van der Waals surface area contributed by atoms with Gasteiger partial charge in [-0.1, -0.05) is 6.42 Å². The minimum Gasteiger partial charge on any atom is -0.399 e. The number of hydrogen-bond donors (Lipinski definition) is 0. The van der Waals surface area contributed by atoms with Crippen molar-refractivity contribution in [2.45, 2.75) is 64.1 Å². The van der Waals surface area contributed by atoms with Crippen LogP contribution in [-0.2, 0) is 9.31 Å². The Morgan fingerprint density at radius 3 is 2.30 bits per heavy atom. The van der Waals surface area contributed by atoms with Crippen LogP contribution in [0.1, 0.15) is 58.6 Å². The second kappa shape index (κ2) is 4.53. The Hall–Kier alpha value is -0.935. The van der Waals surface area contributed by atoms with E-state index in [0.29, 0.717) is 11.2 Å². The SMILES string of the molecule is CC1(C)OB(c2ccnc(C3CCC3)c2F)OC1(C)C. The van der Waals surface area contributed by atoms with Gasteiger partial charge in [-0.15, -0.1) is 0 Å². The van der Waals surface area contributed by atoms with E-state index in [0.717, 1.165) is 19.3 Å². The number of halogens is 1. The van der Waals surface area contributed by atoms with E-state index in [2.05, 4.69) is 4.98 Å². The normalized spacial score (nSPS) is 24.8. The molecule has 1 aliphatic carbocycles. The molecule has 3 rings (SSSR count). The lowest BCUT2D eigenvalue weighted by Gasteiger charge is -2.32. The highest BCUT2D eigenvalue weighted by atomic mass is 19.1. The Bertz CT molecular complexity index is 513. The molecule has 0 atom stereocenters. The van der Waals surface area contributed by atoms with Gasteiger partial charge in [0, 0.05) is 17.6 Å². The van der Waals surface area contributed by atoms with Crippen molar-refractivity contribution in [2.24, 2.45) is 0 Å². The molecular formula is C15H21BFNO2. The number of aromatic nitrogens is 1. The fraction of sp³-hybridized carbons (Fsp3) is 0.667. The largest absolute Gasteiger partial charge is 0.497 e. The third-order valence-corrected chi connectivity index (χ3v) is 4.95. The molecule has 1 aromatic rings. The Morgan fingerprint density at radius 2 is 1.80 bits per heavy atom. The first-order valence-corrected chi connectivity index (χ1v) is 7.32. The van der Waals surface area contributed by atoms with Crippen LogP contribution in [-0.4, -0.2) is 23.3 Å². The van der Waals surface area contributed by atoms with Gasteiger partial charge in [-0.05, 0) is 46.6 Å². The maximum atomic E-state index is 14.7. The molecule has 1 aromatic heterocycles. The van der Waals surface area contributed by atoms with Gasteiger partial charge in [0.25, 0.3) is 0 Å². The maximum absolute atomic E-state index is 14.7. The Morgan fingerprint density at radius 1 is 1.20 bits per heavy atom. The van der Waals surface area contributed by atoms with Gasteiger partial charge in [-0.25, -0.2) is 4.39 Å². The molecule has 3 nitrogen and oxygen atoms in total. The summed E-state index contributed by atoms with van der Waals surface area (Å²) < 4.78 is 26.5. The molecule has 2 aliphatic rings. The number of pyridine rings is 1. The predicted octanol–water partition coefficient (Wildman–Crippen LogP) is 2.79. The van der Waals surface area contributed by atoms with Crippen LogP contribution >= 0.6 is 0 Å². The average molecular weight is 277 g/mol. The smallest absolute Gasteiger partial charge is 0.399 e. The predicted molar refractivity (Wildman–Crippen MR) is 76.5 cm³/mol. The van der Waals surface area contributed by atoms with Gasteiger partial charge in [-0.3, -0.25) is 4.98 Å². The molecule has 20 heavy (non-hydrogen) atoms. The molecule has 0 radical (unpaired) electrons. The molecule has 2 fully saturated rings. The van der Waals surface area contributed by atoms with E-state index in [1.54, 1.807) is 12.3 Å². The summed E-state index contributed by atoms with van der Waals surface area (Å²) in [7, 11) is -0.651. The molecule has 0 aromatic carbocycles. The van der Waals surface area contributed by atoms with Gasteiger partial charge in [0.2, 0.25) is 0 Å². The van der Waals surface area contributed by atoms with Crippen molar-refractivity contribution in [1.82, 2.24) is 4.98 Å². The first-order valence-electron chi connectivity index (χ1n) is 7.32. The van der Waals surface area contributed by atoms with Gasteiger partial charge < -0.3 is 9.31 Å². The van der Waals surface area contributed by atoms with Crippen LogP contribution in [0.25, 0.3) is 0 Å². The summed E-state index contributed by atoms with van der Waals surface area (Å²) in [6.45, 7) is 7.88. The van der Waals surface area contributed by atoms with Crippen LogP contribution in [0.4, 0.5) is 4.39 Å². The average Bonchev–Trinajstić information content (AvgIpc) is 2.48. The van der Waals surface area contributed by atoms with Crippen molar-refractivity contribution in [3.8, 4) is 0 Å². The van der Waals surface area contributed by atoms with Gasteiger partial charge in [0.15, 0.2) is 0 Å². The molecule has 1 aliphatic heterocycles. The monoisotopic (exact) mass is 277 g/mol. The van der Waals surface area contributed by atoms with Crippen LogP contribution in [0.5, 0.6) is 0 Å². The molecule has 0 amide bonds. The summed E-state index contributed by atoms with van der Waals surface area (Å²) >= 11 is 0. The maximum Gasteiger partial charge on any atom is 0.497 e. The summed E-state index contributed by atoms with van der Waals surface area (Å²) in [6, 6.07) is 1.67. The fourth-order valence-corrected chi connectivity index (χ4v) is 2.59. The molecule has 1 saturated heterocycles. The minimum atomic E-state index is -0.651. The van der Waals surface area contributed by atoms with Crippen molar-refractivity contribution >= 4 is 12.6 Å². The zero-order chi connectivity index (χ0) is 14.5. The highest BCUT2D eigenvalue weighted by Crippen LogP contribution is 2.38. The number of hydrogen-bond acceptors (Lipinski definition) is 3.